The van der Waals surface area contributed by atoms with Gasteiger partial charge in [-0.15, -0.1) is 0 Å². The summed E-state index contributed by atoms with van der Waals surface area (Å²) in [5.41, 5.74) is 0.780. The second-order valence-electron chi connectivity index (χ2n) is 4.17. The lowest BCUT2D eigenvalue weighted by atomic mass is 10.2. The van der Waals surface area contributed by atoms with Gasteiger partial charge in [-0.05, 0) is 42.5 Å². The van der Waals surface area contributed by atoms with Crippen molar-refractivity contribution in [3.8, 4) is 0 Å². The SMILES string of the molecule is O=C(NC(=S)Nc1cc(Cl)cc(Cl)c1)c1cccc(Cl)c1Cl. The molecular formula is C14H8Cl4N2OS. The van der Waals surface area contributed by atoms with Crippen molar-refractivity contribution in [1.82, 2.24) is 5.32 Å². The van der Waals surface area contributed by atoms with E-state index >= 15 is 0 Å². The van der Waals surface area contributed by atoms with Gasteiger partial charge >= 0.3 is 0 Å². The number of nitrogens with one attached hydrogen (secondary N) is 2. The van der Waals surface area contributed by atoms with Crippen LogP contribution < -0.4 is 10.6 Å². The Labute approximate surface area is 152 Å². The van der Waals surface area contributed by atoms with Crippen molar-refractivity contribution in [3.63, 3.8) is 0 Å². The Bertz CT molecular complexity index is 731. The molecule has 0 saturated heterocycles. The van der Waals surface area contributed by atoms with Crippen LogP contribution in [0.5, 0.6) is 0 Å². The van der Waals surface area contributed by atoms with E-state index in [0.717, 1.165) is 0 Å². The lowest BCUT2D eigenvalue weighted by molar-refractivity contribution is 0.0978. The molecule has 0 aliphatic heterocycles. The van der Waals surface area contributed by atoms with Crippen molar-refractivity contribution in [1.29, 1.82) is 0 Å². The van der Waals surface area contributed by atoms with Crippen molar-refractivity contribution in [3.05, 3.63) is 62.1 Å². The van der Waals surface area contributed by atoms with Gasteiger partial charge in [0.1, 0.15) is 0 Å². The number of carbonyl (C=O) groups is 1. The lowest BCUT2D eigenvalue weighted by Crippen LogP contribution is -2.34. The second kappa shape index (κ2) is 7.49. The van der Waals surface area contributed by atoms with E-state index in [2.05, 4.69) is 10.6 Å². The highest BCUT2D eigenvalue weighted by molar-refractivity contribution is 7.80. The number of hydrogen-bond acceptors (Lipinski definition) is 2. The number of thiocarbonyl (C=S) groups is 1. The summed E-state index contributed by atoms with van der Waals surface area (Å²) >= 11 is 28.7. The van der Waals surface area contributed by atoms with Crippen LogP contribution in [-0.2, 0) is 0 Å². The van der Waals surface area contributed by atoms with Gasteiger partial charge in [0.15, 0.2) is 5.11 Å². The number of anilines is 1. The van der Waals surface area contributed by atoms with Crippen LogP contribution in [-0.4, -0.2) is 11.0 Å². The minimum absolute atomic E-state index is 0.0828. The van der Waals surface area contributed by atoms with Crippen LogP contribution in [0.4, 0.5) is 5.69 Å². The average molecular weight is 394 g/mol. The number of amides is 1. The maximum atomic E-state index is 12.1. The molecule has 0 unspecified atom stereocenters. The fraction of sp³-hybridized carbons (Fsp3) is 0. The molecule has 2 N–H and O–H groups in total. The molecule has 0 radical (unpaired) electrons. The standard InChI is InChI=1S/C14H8Cl4N2OS/c15-7-4-8(16)6-9(5-7)19-14(22)20-13(21)10-2-1-3-11(17)12(10)18/h1-6H,(H2,19,20,21,22). The van der Waals surface area contributed by atoms with Crippen LogP contribution in [0.25, 0.3) is 0 Å². The molecule has 0 atom stereocenters. The molecule has 3 nitrogen and oxygen atoms in total. The molecule has 0 heterocycles. The molecule has 2 aromatic carbocycles. The summed E-state index contributed by atoms with van der Waals surface area (Å²) in [4.78, 5) is 12.1. The Morgan fingerprint density at radius 2 is 1.64 bits per heavy atom. The Morgan fingerprint density at radius 3 is 2.27 bits per heavy atom. The number of hydrogen-bond donors (Lipinski definition) is 2. The topological polar surface area (TPSA) is 41.1 Å². The van der Waals surface area contributed by atoms with E-state index in [4.69, 9.17) is 58.6 Å². The van der Waals surface area contributed by atoms with Gasteiger partial charge in [0.05, 0.1) is 15.6 Å². The summed E-state index contributed by atoms with van der Waals surface area (Å²) in [6, 6.07) is 9.59. The molecule has 22 heavy (non-hydrogen) atoms. The molecule has 0 fully saturated rings. The molecule has 0 bridgehead atoms. The van der Waals surface area contributed by atoms with Crippen molar-refractivity contribution in [2.45, 2.75) is 0 Å². The normalized spacial score (nSPS) is 10.2. The number of carbonyl (C=O) groups excluding carboxylic acids is 1. The minimum atomic E-state index is -0.474. The van der Waals surface area contributed by atoms with E-state index < -0.39 is 5.91 Å². The van der Waals surface area contributed by atoms with Gasteiger partial charge < -0.3 is 5.32 Å². The predicted molar refractivity (Wildman–Crippen MR) is 96.6 cm³/mol. The molecule has 114 valence electrons. The van der Waals surface area contributed by atoms with Crippen LogP contribution in [0, 0.1) is 0 Å². The molecule has 0 spiro atoms. The third-order valence-corrected chi connectivity index (χ3v) is 4.00. The minimum Gasteiger partial charge on any atom is -0.332 e. The molecule has 0 aliphatic carbocycles. The van der Waals surface area contributed by atoms with Crippen molar-refractivity contribution < 1.29 is 4.79 Å². The molecule has 0 saturated carbocycles. The van der Waals surface area contributed by atoms with E-state index in [9.17, 15) is 4.79 Å². The van der Waals surface area contributed by atoms with E-state index in [1.165, 1.54) is 0 Å². The van der Waals surface area contributed by atoms with E-state index in [-0.39, 0.29) is 20.7 Å². The quantitative estimate of drug-likeness (QED) is 0.668. The third-order valence-electron chi connectivity index (χ3n) is 2.54. The van der Waals surface area contributed by atoms with Crippen LogP contribution in [0.3, 0.4) is 0 Å². The zero-order chi connectivity index (χ0) is 16.3. The number of halogens is 4. The molecule has 0 aliphatic rings. The molecule has 2 aromatic rings. The highest BCUT2D eigenvalue weighted by Crippen LogP contribution is 2.25. The fourth-order valence-electron chi connectivity index (χ4n) is 1.64. The molecule has 1 amide bonds. The highest BCUT2D eigenvalue weighted by atomic mass is 35.5. The van der Waals surface area contributed by atoms with Crippen LogP contribution in [0.2, 0.25) is 20.1 Å². The largest absolute Gasteiger partial charge is 0.332 e. The van der Waals surface area contributed by atoms with Crippen LogP contribution in [0.15, 0.2) is 36.4 Å². The Morgan fingerprint density at radius 1 is 1.00 bits per heavy atom. The van der Waals surface area contributed by atoms with Gasteiger partial charge in [-0.2, -0.15) is 0 Å². The van der Waals surface area contributed by atoms with Gasteiger partial charge in [-0.3, -0.25) is 10.1 Å². The third kappa shape index (κ3) is 4.48. The van der Waals surface area contributed by atoms with Gasteiger partial charge in [-0.25, -0.2) is 0 Å². The summed E-state index contributed by atoms with van der Waals surface area (Å²) in [6.45, 7) is 0. The first-order valence-electron chi connectivity index (χ1n) is 5.89. The van der Waals surface area contributed by atoms with Gasteiger partial charge in [-0.1, -0.05) is 52.5 Å². The second-order valence-corrected chi connectivity index (χ2v) is 6.23. The maximum absolute atomic E-state index is 12.1. The van der Waals surface area contributed by atoms with Gasteiger partial charge in [0, 0.05) is 15.7 Å². The summed E-state index contributed by atoms with van der Waals surface area (Å²) in [5.74, 6) is -0.474. The molecule has 2 rings (SSSR count). The van der Waals surface area contributed by atoms with Crippen LogP contribution >= 0.6 is 58.6 Å². The first-order chi connectivity index (χ1) is 10.4. The monoisotopic (exact) mass is 392 g/mol. The van der Waals surface area contributed by atoms with Gasteiger partial charge in [0.2, 0.25) is 0 Å². The Kier molecular flexibility index (Phi) is 5.89. The molecule has 0 aromatic heterocycles. The van der Waals surface area contributed by atoms with Gasteiger partial charge in [0.25, 0.3) is 5.91 Å². The van der Waals surface area contributed by atoms with Crippen molar-refractivity contribution >= 4 is 75.3 Å². The zero-order valence-electron chi connectivity index (χ0n) is 10.8. The van der Waals surface area contributed by atoms with Crippen molar-refractivity contribution in [2.24, 2.45) is 0 Å². The summed E-state index contributed by atoms with van der Waals surface area (Å²) in [7, 11) is 0. The predicted octanol–water partition coefficient (Wildman–Crippen LogP) is 5.43. The first-order valence-corrected chi connectivity index (χ1v) is 7.81. The molecule has 8 heteroatoms. The Hall–Kier alpha value is -1.04. The smallest absolute Gasteiger partial charge is 0.258 e. The summed E-state index contributed by atoms with van der Waals surface area (Å²) in [5, 5.41) is 6.74. The highest BCUT2D eigenvalue weighted by Gasteiger charge is 2.14. The number of benzene rings is 2. The fourth-order valence-corrected chi connectivity index (χ4v) is 2.76. The number of rotatable bonds is 2. The summed E-state index contributed by atoms with van der Waals surface area (Å²) in [6.07, 6.45) is 0. The lowest BCUT2D eigenvalue weighted by Gasteiger charge is -2.11. The summed E-state index contributed by atoms with van der Waals surface area (Å²) < 4.78 is 0. The zero-order valence-corrected chi connectivity index (χ0v) is 14.6. The molecular weight excluding hydrogens is 386 g/mol. The van der Waals surface area contributed by atoms with E-state index in [0.29, 0.717) is 15.7 Å². The van der Waals surface area contributed by atoms with E-state index in [1.54, 1.807) is 36.4 Å². The average Bonchev–Trinajstić information content (AvgIpc) is 2.40. The van der Waals surface area contributed by atoms with Crippen LogP contribution in [0.1, 0.15) is 10.4 Å². The Balaban J connectivity index is 2.08. The maximum Gasteiger partial charge on any atom is 0.258 e. The first kappa shape index (κ1) is 17.3. The van der Waals surface area contributed by atoms with E-state index in [1.807, 2.05) is 0 Å². The van der Waals surface area contributed by atoms with Crippen molar-refractivity contribution in [2.75, 3.05) is 5.32 Å².